The molecule has 0 fully saturated rings. The summed E-state index contributed by atoms with van der Waals surface area (Å²) in [4.78, 5) is 27.8. The van der Waals surface area contributed by atoms with Crippen molar-refractivity contribution in [3.8, 4) is 17.0 Å². The lowest BCUT2D eigenvalue weighted by Gasteiger charge is -2.17. The number of halogens is 1. The maximum atomic E-state index is 13.8. The Bertz CT molecular complexity index is 1280. The molecule has 4 rings (SSSR count). The highest BCUT2D eigenvalue weighted by Crippen LogP contribution is 2.28. The van der Waals surface area contributed by atoms with Gasteiger partial charge in [0, 0.05) is 35.3 Å². The van der Waals surface area contributed by atoms with E-state index in [-0.39, 0.29) is 10.6 Å². The van der Waals surface area contributed by atoms with Crippen molar-refractivity contribution >= 4 is 29.0 Å². The fraction of sp³-hybridized carbons (Fsp3) is 0.125. The average molecular weight is 466 g/mol. The van der Waals surface area contributed by atoms with Gasteiger partial charge in [-0.2, -0.15) is 0 Å². The van der Waals surface area contributed by atoms with Crippen LogP contribution in [0.15, 0.2) is 71.6 Å². The van der Waals surface area contributed by atoms with Crippen molar-refractivity contribution in [3.05, 3.63) is 87.8 Å². The van der Waals surface area contributed by atoms with Gasteiger partial charge in [0.2, 0.25) is 0 Å². The number of aromatic nitrogens is 1. The summed E-state index contributed by atoms with van der Waals surface area (Å²) in [5.41, 5.74) is 2.98. The van der Waals surface area contributed by atoms with Crippen molar-refractivity contribution in [2.45, 2.75) is 19.8 Å². The molecule has 0 saturated heterocycles. The lowest BCUT2D eigenvalue weighted by molar-refractivity contribution is 0.0702. The summed E-state index contributed by atoms with van der Waals surface area (Å²) in [6, 6.07) is 9.04. The van der Waals surface area contributed by atoms with E-state index in [1.165, 1.54) is 6.07 Å². The number of pyridine rings is 1. The van der Waals surface area contributed by atoms with Crippen LogP contribution in [-0.2, 0) is 0 Å². The molecule has 0 atom stereocenters. The fourth-order valence-corrected chi connectivity index (χ4v) is 3.95. The first-order chi connectivity index (χ1) is 15.9. The molecule has 3 aromatic rings. The van der Waals surface area contributed by atoms with E-state index in [0.717, 1.165) is 16.9 Å². The highest BCUT2D eigenvalue weighted by Gasteiger charge is 2.14. The van der Waals surface area contributed by atoms with E-state index in [9.17, 15) is 14.0 Å². The van der Waals surface area contributed by atoms with Crippen molar-refractivity contribution in [2.24, 2.45) is 0 Å². The number of carbonyl (C=O) groups is 2. The maximum Gasteiger partial charge on any atom is 0.345 e. The number of aryl methyl sites for hydroxylation is 1. The van der Waals surface area contributed by atoms with Crippen molar-refractivity contribution < 1.29 is 23.8 Å². The molecule has 1 aliphatic rings. The number of carboxylic acids is 1. The molecule has 2 heterocycles. The van der Waals surface area contributed by atoms with E-state index in [1.807, 2.05) is 6.92 Å². The Kier molecular flexibility index (Phi) is 6.50. The Morgan fingerprint density at radius 2 is 1.97 bits per heavy atom. The minimum Gasteiger partial charge on any atom is -0.477 e. The first-order valence-electron chi connectivity index (χ1n) is 10.1. The average Bonchev–Trinajstić information content (AvgIpc) is 3.29. The molecule has 3 N–H and O–H groups in total. The van der Waals surface area contributed by atoms with Gasteiger partial charge < -0.3 is 20.5 Å². The van der Waals surface area contributed by atoms with Crippen LogP contribution in [0, 0.1) is 12.7 Å². The summed E-state index contributed by atoms with van der Waals surface area (Å²) in [5.74, 6) is -0.187. The zero-order valence-corrected chi connectivity index (χ0v) is 18.4. The second kappa shape index (κ2) is 9.66. The van der Waals surface area contributed by atoms with Crippen LogP contribution in [0.2, 0.25) is 0 Å². The van der Waals surface area contributed by atoms with Crippen LogP contribution < -0.4 is 15.4 Å². The first kappa shape index (κ1) is 22.2. The van der Waals surface area contributed by atoms with Crippen LogP contribution in [0.1, 0.15) is 28.1 Å². The quantitative estimate of drug-likeness (QED) is 0.432. The van der Waals surface area contributed by atoms with Crippen LogP contribution in [0.25, 0.3) is 11.3 Å². The molecule has 2 aromatic heterocycles. The summed E-state index contributed by atoms with van der Waals surface area (Å²) in [6.07, 6.45) is 6.21. The molecule has 0 saturated carbocycles. The number of urea groups is 1. The molecule has 7 nitrogen and oxygen atoms in total. The fourth-order valence-electron chi connectivity index (χ4n) is 3.21. The number of nitrogens with one attached hydrogen (secondary N) is 2. The standard InChI is InChI=1S/C24H20FN3O4S/c1-14-2-7-19(25)21(10-14)28-24(31)27-16-3-5-17(6-4-16)32-18-8-9-26-20(12-18)15-11-22(23(29)30)33-13-15/h2-3,5,7-13H,4,6H2,1H3,(H,29,30)(H2,27,28,31). The van der Waals surface area contributed by atoms with Crippen LogP contribution in [0.3, 0.4) is 0 Å². The minimum absolute atomic E-state index is 0.123. The number of thiophene rings is 1. The molecular weight excluding hydrogens is 445 g/mol. The van der Waals surface area contributed by atoms with Gasteiger partial charge in [0.15, 0.2) is 0 Å². The molecule has 0 spiro atoms. The summed E-state index contributed by atoms with van der Waals surface area (Å²) in [6.45, 7) is 1.82. The molecule has 0 aliphatic heterocycles. The first-order valence-corrected chi connectivity index (χ1v) is 11.0. The summed E-state index contributed by atoms with van der Waals surface area (Å²) in [5, 5.41) is 16.1. The van der Waals surface area contributed by atoms with Crippen LogP contribution in [-0.4, -0.2) is 22.1 Å². The summed E-state index contributed by atoms with van der Waals surface area (Å²) >= 11 is 1.14. The highest BCUT2D eigenvalue weighted by atomic mass is 32.1. The molecule has 1 aromatic carbocycles. The van der Waals surface area contributed by atoms with E-state index in [0.29, 0.717) is 41.3 Å². The number of rotatable bonds is 6. The van der Waals surface area contributed by atoms with Gasteiger partial charge in [-0.1, -0.05) is 6.07 Å². The number of anilines is 1. The van der Waals surface area contributed by atoms with E-state index in [1.54, 1.807) is 54.1 Å². The molecular formula is C24H20FN3O4S. The van der Waals surface area contributed by atoms with E-state index in [2.05, 4.69) is 15.6 Å². The lowest BCUT2D eigenvalue weighted by Crippen LogP contribution is -2.29. The molecule has 9 heteroatoms. The number of carboxylic acid groups (broad SMARTS) is 1. The van der Waals surface area contributed by atoms with Gasteiger partial charge in [-0.05, 0) is 55.3 Å². The van der Waals surface area contributed by atoms with Gasteiger partial charge in [0.05, 0.1) is 11.4 Å². The second-order valence-electron chi connectivity index (χ2n) is 7.37. The Balaban J connectivity index is 1.38. The smallest absolute Gasteiger partial charge is 0.345 e. The van der Waals surface area contributed by atoms with E-state index >= 15 is 0 Å². The zero-order valence-electron chi connectivity index (χ0n) is 17.6. The topological polar surface area (TPSA) is 101 Å². The summed E-state index contributed by atoms with van der Waals surface area (Å²) in [7, 11) is 0. The normalized spacial score (nSPS) is 13.0. The number of benzene rings is 1. The Morgan fingerprint density at radius 3 is 2.70 bits per heavy atom. The number of aromatic carboxylic acids is 1. The Morgan fingerprint density at radius 1 is 1.12 bits per heavy atom. The van der Waals surface area contributed by atoms with Crippen molar-refractivity contribution in [1.29, 1.82) is 0 Å². The van der Waals surface area contributed by atoms with Gasteiger partial charge in [-0.15, -0.1) is 11.3 Å². The molecule has 0 bridgehead atoms. The van der Waals surface area contributed by atoms with Gasteiger partial charge in [0.1, 0.15) is 22.2 Å². The Labute approximate surface area is 193 Å². The minimum atomic E-state index is -0.972. The largest absolute Gasteiger partial charge is 0.477 e. The SMILES string of the molecule is Cc1ccc(F)c(NC(=O)NC2=CC=C(Oc3ccnc(-c4csc(C(=O)O)c4)c3)CC2)c1. The predicted molar refractivity (Wildman–Crippen MR) is 124 cm³/mol. The number of allylic oxidation sites excluding steroid dienone is 4. The van der Waals surface area contributed by atoms with Crippen molar-refractivity contribution in [1.82, 2.24) is 10.3 Å². The zero-order chi connectivity index (χ0) is 23.4. The van der Waals surface area contributed by atoms with Gasteiger partial charge in [-0.3, -0.25) is 4.98 Å². The van der Waals surface area contributed by atoms with Gasteiger partial charge in [-0.25, -0.2) is 14.0 Å². The van der Waals surface area contributed by atoms with E-state index < -0.39 is 17.8 Å². The molecule has 0 radical (unpaired) electrons. The number of hydrogen-bond acceptors (Lipinski definition) is 5. The number of hydrogen-bond donors (Lipinski definition) is 3. The molecule has 1 aliphatic carbocycles. The highest BCUT2D eigenvalue weighted by molar-refractivity contribution is 7.12. The van der Waals surface area contributed by atoms with Gasteiger partial charge >= 0.3 is 12.0 Å². The van der Waals surface area contributed by atoms with Gasteiger partial charge in [0.25, 0.3) is 0 Å². The monoisotopic (exact) mass is 465 g/mol. The Hall–Kier alpha value is -3.98. The molecule has 33 heavy (non-hydrogen) atoms. The third-order valence-corrected chi connectivity index (χ3v) is 5.76. The van der Waals surface area contributed by atoms with Crippen LogP contribution >= 0.6 is 11.3 Å². The third kappa shape index (κ3) is 5.64. The number of amides is 2. The van der Waals surface area contributed by atoms with Crippen molar-refractivity contribution in [3.63, 3.8) is 0 Å². The predicted octanol–water partition coefficient (Wildman–Crippen LogP) is 5.72. The van der Waals surface area contributed by atoms with Crippen LogP contribution in [0.5, 0.6) is 5.75 Å². The summed E-state index contributed by atoms with van der Waals surface area (Å²) < 4.78 is 19.8. The number of nitrogens with zero attached hydrogens (tertiary/aromatic N) is 1. The van der Waals surface area contributed by atoms with E-state index in [4.69, 9.17) is 9.84 Å². The molecule has 0 unspecified atom stereocenters. The molecule has 2 amide bonds. The second-order valence-corrected chi connectivity index (χ2v) is 8.28. The van der Waals surface area contributed by atoms with Crippen LogP contribution in [0.4, 0.5) is 14.9 Å². The number of ether oxygens (including phenoxy) is 1. The van der Waals surface area contributed by atoms with Crippen molar-refractivity contribution in [2.75, 3.05) is 5.32 Å². The molecule has 168 valence electrons. The number of carbonyl (C=O) groups excluding carboxylic acids is 1. The lowest BCUT2D eigenvalue weighted by atomic mass is 10.1. The third-order valence-electron chi connectivity index (χ3n) is 4.84. The maximum absolute atomic E-state index is 13.8.